The van der Waals surface area contributed by atoms with Gasteiger partial charge in [0.1, 0.15) is 5.82 Å². The molecule has 1 aliphatic heterocycles. The predicted octanol–water partition coefficient (Wildman–Crippen LogP) is 1.85. The quantitative estimate of drug-likeness (QED) is 0.908. The van der Waals surface area contributed by atoms with Gasteiger partial charge in [-0.25, -0.2) is 9.97 Å². The maximum Gasteiger partial charge on any atom is 0.213 e. The van der Waals surface area contributed by atoms with E-state index in [1.165, 1.54) is 0 Å². The molecule has 1 fully saturated rings. The van der Waals surface area contributed by atoms with Crippen LogP contribution in [0.1, 0.15) is 12.1 Å². The van der Waals surface area contributed by atoms with Gasteiger partial charge in [-0.2, -0.15) is 0 Å². The summed E-state index contributed by atoms with van der Waals surface area (Å²) in [5, 5.41) is 3.56. The number of anilines is 1. The summed E-state index contributed by atoms with van der Waals surface area (Å²) in [7, 11) is 1.64. The van der Waals surface area contributed by atoms with Crippen LogP contribution in [0.5, 0.6) is 5.88 Å². The van der Waals surface area contributed by atoms with E-state index in [2.05, 4.69) is 26.3 Å². The molecule has 110 valence electrons. The minimum atomic E-state index is 0.472. The van der Waals surface area contributed by atoms with Gasteiger partial charge in [-0.05, 0) is 24.6 Å². The summed E-state index contributed by atoms with van der Waals surface area (Å²) < 4.78 is 5.15. The normalized spacial score (nSPS) is 18.0. The van der Waals surface area contributed by atoms with Gasteiger partial charge in [0.2, 0.25) is 5.88 Å². The lowest BCUT2D eigenvalue weighted by Crippen LogP contribution is -2.32. The van der Waals surface area contributed by atoms with Gasteiger partial charge in [-0.1, -0.05) is 12.1 Å². The zero-order valence-electron chi connectivity index (χ0n) is 12.2. The van der Waals surface area contributed by atoms with Crippen LogP contribution in [-0.2, 0) is 6.54 Å². The molecular weight excluding hydrogens is 264 g/mol. The van der Waals surface area contributed by atoms with Crippen LogP contribution >= 0.6 is 0 Å². The standard InChI is InChI=1S/C16H20N4O/c1-21-16-7-4-5-13(19-16)11-18-14-8-10-20(12-14)15-6-2-3-9-17-15/h2-7,9,14,18H,8,10-12H2,1H3/t14-/m0/s1. The van der Waals surface area contributed by atoms with E-state index in [1.54, 1.807) is 7.11 Å². The van der Waals surface area contributed by atoms with Gasteiger partial charge >= 0.3 is 0 Å². The van der Waals surface area contributed by atoms with Crippen molar-refractivity contribution in [1.82, 2.24) is 15.3 Å². The number of hydrogen-bond donors (Lipinski definition) is 1. The van der Waals surface area contributed by atoms with Crippen LogP contribution in [0.2, 0.25) is 0 Å². The summed E-state index contributed by atoms with van der Waals surface area (Å²) >= 11 is 0. The van der Waals surface area contributed by atoms with E-state index in [-0.39, 0.29) is 0 Å². The van der Waals surface area contributed by atoms with E-state index >= 15 is 0 Å². The highest BCUT2D eigenvalue weighted by Crippen LogP contribution is 2.17. The van der Waals surface area contributed by atoms with Gasteiger partial charge in [0.05, 0.1) is 12.8 Å². The molecule has 0 spiro atoms. The smallest absolute Gasteiger partial charge is 0.213 e. The number of nitrogens with zero attached hydrogens (tertiary/aromatic N) is 3. The Hall–Kier alpha value is -2.14. The van der Waals surface area contributed by atoms with E-state index < -0.39 is 0 Å². The van der Waals surface area contributed by atoms with E-state index in [0.717, 1.165) is 37.6 Å². The molecule has 5 nitrogen and oxygen atoms in total. The molecule has 0 radical (unpaired) electrons. The summed E-state index contributed by atoms with van der Waals surface area (Å²) in [6.45, 7) is 2.79. The fraction of sp³-hybridized carbons (Fsp3) is 0.375. The second-order valence-corrected chi connectivity index (χ2v) is 5.17. The Balaban J connectivity index is 1.53. The Morgan fingerprint density at radius 2 is 2.24 bits per heavy atom. The van der Waals surface area contributed by atoms with Crippen LogP contribution in [0.3, 0.4) is 0 Å². The molecule has 2 aromatic rings. The van der Waals surface area contributed by atoms with Crippen LogP contribution in [-0.4, -0.2) is 36.2 Å². The third kappa shape index (κ3) is 3.49. The Kier molecular flexibility index (Phi) is 4.31. The van der Waals surface area contributed by atoms with E-state index in [9.17, 15) is 0 Å². The molecule has 0 unspecified atom stereocenters. The molecule has 3 rings (SSSR count). The zero-order valence-corrected chi connectivity index (χ0v) is 12.2. The molecule has 0 aliphatic carbocycles. The number of ether oxygens (including phenoxy) is 1. The lowest BCUT2D eigenvalue weighted by atomic mass is 10.2. The number of rotatable bonds is 5. The molecule has 0 amide bonds. The van der Waals surface area contributed by atoms with Crippen LogP contribution in [0.15, 0.2) is 42.6 Å². The number of pyridine rings is 2. The molecule has 0 bridgehead atoms. The summed E-state index contributed by atoms with van der Waals surface area (Å²) in [5.74, 6) is 1.72. The topological polar surface area (TPSA) is 50.3 Å². The van der Waals surface area contributed by atoms with Gasteiger partial charge in [0.25, 0.3) is 0 Å². The van der Waals surface area contributed by atoms with Crippen LogP contribution in [0.25, 0.3) is 0 Å². The lowest BCUT2D eigenvalue weighted by Gasteiger charge is -2.17. The van der Waals surface area contributed by atoms with Crippen molar-refractivity contribution in [3.8, 4) is 5.88 Å². The molecule has 2 aromatic heterocycles. The van der Waals surface area contributed by atoms with Crippen molar-refractivity contribution in [2.24, 2.45) is 0 Å². The third-order valence-electron chi connectivity index (χ3n) is 3.72. The van der Waals surface area contributed by atoms with Gasteiger partial charge in [0.15, 0.2) is 0 Å². The van der Waals surface area contributed by atoms with Crippen LogP contribution in [0, 0.1) is 0 Å². The van der Waals surface area contributed by atoms with Gasteiger partial charge in [-0.15, -0.1) is 0 Å². The second kappa shape index (κ2) is 6.54. The highest BCUT2D eigenvalue weighted by Gasteiger charge is 2.22. The average molecular weight is 284 g/mol. The van der Waals surface area contributed by atoms with Crippen molar-refractivity contribution in [2.45, 2.75) is 19.0 Å². The lowest BCUT2D eigenvalue weighted by molar-refractivity contribution is 0.395. The molecule has 3 heterocycles. The van der Waals surface area contributed by atoms with E-state index in [0.29, 0.717) is 11.9 Å². The van der Waals surface area contributed by atoms with Crippen molar-refractivity contribution in [3.05, 3.63) is 48.3 Å². The molecule has 1 saturated heterocycles. The van der Waals surface area contributed by atoms with E-state index in [4.69, 9.17) is 4.74 Å². The maximum absolute atomic E-state index is 5.15. The van der Waals surface area contributed by atoms with Gasteiger partial charge < -0.3 is 15.0 Å². The molecule has 1 atom stereocenters. The number of methoxy groups -OCH3 is 1. The summed E-state index contributed by atoms with van der Waals surface area (Å²) in [4.78, 5) is 11.1. The maximum atomic E-state index is 5.15. The largest absolute Gasteiger partial charge is 0.481 e. The van der Waals surface area contributed by atoms with Crippen molar-refractivity contribution >= 4 is 5.82 Å². The second-order valence-electron chi connectivity index (χ2n) is 5.17. The van der Waals surface area contributed by atoms with Crippen molar-refractivity contribution in [1.29, 1.82) is 0 Å². The molecule has 0 aromatic carbocycles. The first-order chi connectivity index (χ1) is 10.3. The first kappa shape index (κ1) is 13.8. The third-order valence-corrected chi connectivity index (χ3v) is 3.72. The Labute approximate surface area is 125 Å². The van der Waals surface area contributed by atoms with Crippen LogP contribution < -0.4 is 15.0 Å². The molecular formula is C16H20N4O. The minimum absolute atomic E-state index is 0.472. The van der Waals surface area contributed by atoms with Crippen molar-refractivity contribution in [2.75, 3.05) is 25.1 Å². The summed E-state index contributed by atoms with van der Waals surface area (Å²) in [6.07, 6.45) is 2.97. The number of hydrogen-bond acceptors (Lipinski definition) is 5. The Bertz CT molecular complexity index is 575. The van der Waals surface area contributed by atoms with Crippen LogP contribution in [0.4, 0.5) is 5.82 Å². The highest BCUT2D eigenvalue weighted by atomic mass is 16.5. The fourth-order valence-electron chi connectivity index (χ4n) is 2.59. The van der Waals surface area contributed by atoms with Gasteiger partial charge in [-0.3, -0.25) is 0 Å². The Morgan fingerprint density at radius 3 is 3.05 bits per heavy atom. The minimum Gasteiger partial charge on any atom is -0.481 e. The first-order valence-electron chi connectivity index (χ1n) is 7.24. The Morgan fingerprint density at radius 1 is 1.29 bits per heavy atom. The molecule has 1 N–H and O–H groups in total. The molecule has 21 heavy (non-hydrogen) atoms. The summed E-state index contributed by atoms with van der Waals surface area (Å²) in [6, 6.07) is 12.4. The number of aromatic nitrogens is 2. The average Bonchev–Trinajstić information content (AvgIpc) is 3.03. The predicted molar refractivity (Wildman–Crippen MR) is 82.5 cm³/mol. The van der Waals surface area contributed by atoms with Crippen molar-refractivity contribution < 1.29 is 4.74 Å². The van der Waals surface area contributed by atoms with Crippen molar-refractivity contribution in [3.63, 3.8) is 0 Å². The van der Waals surface area contributed by atoms with E-state index in [1.807, 2.05) is 36.5 Å². The van der Waals surface area contributed by atoms with Gasteiger partial charge in [0, 0.05) is 37.9 Å². The fourth-order valence-corrected chi connectivity index (χ4v) is 2.59. The number of nitrogens with one attached hydrogen (secondary N) is 1. The SMILES string of the molecule is COc1cccc(CN[C@H]2CCN(c3ccccn3)C2)n1. The summed E-state index contributed by atoms with van der Waals surface area (Å²) in [5.41, 5.74) is 1.01. The molecule has 0 saturated carbocycles. The highest BCUT2D eigenvalue weighted by molar-refractivity contribution is 5.39. The molecule has 1 aliphatic rings. The monoisotopic (exact) mass is 284 g/mol. The zero-order chi connectivity index (χ0) is 14.5. The first-order valence-corrected chi connectivity index (χ1v) is 7.24. The molecule has 5 heteroatoms.